The molecule has 1 aliphatic carbocycles. The number of fused-ring (bicyclic) bond motifs is 1. The predicted octanol–water partition coefficient (Wildman–Crippen LogP) is 1.95. The molecule has 0 aromatic heterocycles. The largest absolute Gasteiger partial charge is 0.391 e. The zero-order valence-corrected chi connectivity index (χ0v) is 15.4. The first-order valence-electron chi connectivity index (χ1n) is 9.51. The Bertz CT molecular complexity index is 776. The number of carbonyl (C=O) groups excluding carboxylic acids is 2. The zero-order valence-electron chi connectivity index (χ0n) is 15.4. The summed E-state index contributed by atoms with van der Waals surface area (Å²) < 4.78 is 0. The molecule has 0 bridgehead atoms. The van der Waals surface area contributed by atoms with E-state index in [1.807, 2.05) is 36.4 Å². The lowest BCUT2D eigenvalue weighted by atomic mass is 9.83. The number of likely N-dealkylation sites (N-methyl/N-ethyl adjacent to an activating group) is 1. The Kier molecular flexibility index (Phi) is 4.85. The molecule has 2 amide bonds. The fourth-order valence-corrected chi connectivity index (χ4v) is 4.30. The van der Waals surface area contributed by atoms with E-state index in [4.69, 9.17) is 0 Å². The monoisotopic (exact) mass is 367 g/mol. The zero-order chi connectivity index (χ0) is 19.0. The average Bonchev–Trinajstić information content (AvgIpc) is 2.93. The van der Waals surface area contributed by atoms with Gasteiger partial charge in [-0.2, -0.15) is 0 Å². The Morgan fingerprint density at radius 1 is 1.11 bits per heavy atom. The number of hydrogen-bond donors (Lipinski definition) is 2. The normalized spacial score (nSPS) is 31.9. The minimum atomic E-state index is -0.647. The number of likely N-dealkylation sites (tertiary alicyclic amines) is 1. The fourth-order valence-electron chi connectivity index (χ4n) is 4.30. The van der Waals surface area contributed by atoms with Crippen LogP contribution < -0.4 is 5.43 Å². The van der Waals surface area contributed by atoms with Crippen molar-refractivity contribution in [2.75, 3.05) is 12.5 Å². The van der Waals surface area contributed by atoms with Gasteiger partial charge in [0.2, 0.25) is 11.8 Å². The van der Waals surface area contributed by atoms with Gasteiger partial charge in [0, 0.05) is 12.7 Å². The third-order valence-electron chi connectivity index (χ3n) is 5.85. The van der Waals surface area contributed by atoms with Gasteiger partial charge in [0.05, 0.1) is 18.1 Å². The number of para-hydroxylation sites is 1. The van der Waals surface area contributed by atoms with Crippen molar-refractivity contribution in [2.45, 2.75) is 37.5 Å². The molecule has 2 aliphatic heterocycles. The van der Waals surface area contributed by atoms with Crippen LogP contribution in [-0.4, -0.2) is 52.1 Å². The second kappa shape index (κ2) is 7.29. The first kappa shape index (κ1) is 17.9. The smallest absolute Gasteiger partial charge is 0.249 e. The minimum Gasteiger partial charge on any atom is -0.391 e. The quantitative estimate of drug-likeness (QED) is 0.629. The first-order valence-corrected chi connectivity index (χ1v) is 9.51. The molecule has 0 spiro atoms. The maximum absolute atomic E-state index is 12.8. The molecule has 3 aliphatic rings. The van der Waals surface area contributed by atoms with Crippen molar-refractivity contribution in [2.24, 2.45) is 11.8 Å². The Morgan fingerprint density at radius 2 is 1.89 bits per heavy atom. The van der Waals surface area contributed by atoms with Crippen LogP contribution in [-0.2, 0) is 9.59 Å². The number of nitrogens with one attached hydrogen (secondary N) is 1. The maximum Gasteiger partial charge on any atom is 0.249 e. The molecule has 4 rings (SSSR count). The Balaban J connectivity index is 1.67. The molecule has 142 valence electrons. The van der Waals surface area contributed by atoms with Crippen LogP contribution in [0.1, 0.15) is 19.3 Å². The van der Waals surface area contributed by atoms with Crippen LogP contribution in [0.3, 0.4) is 0 Å². The fraction of sp³-hybridized carbons (Fsp3) is 0.429. The Morgan fingerprint density at radius 3 is 2.59 bits per heavy atom. The number of anilines is 1. The van der Waals surface area contributed by atoms with Crippen molar-refractivity contribution >= 4 is 17.5 Å². The molecule has 5 atom stereocenters. The average molecular weight is 367 g/mol. The van der Waals surface area contributed by atoms with Gasteiger partial charge in [0.25, 0.3) is 0 Å². The molecule has 2 N–H and O–H groups in total. The molecule has 0 saturated carbocycles. The third-order valence-corrected chi connectivity index (χ3v) is 5.85. The van der Waals surface area contributed by atoms with E-state index in [1.165, 1.54) is 11.9 Å². The van der Waals surface area contributed by atoms with E-state index in [1.54, 1.807) is 11.1 Å². The van der Waals surface area contributed by atoms with Gasteiger partial charge in [-0.05, 0) is 37.3 Å². The number of aliphatic hydroxyl groups is 1. The molecule has 6 heteroatoms. The summed E-state index contributed by atoms with van der Waals surface area (Å²) in [5.74, 6) is -0.826. The number of carbonyl (C=O) groups is 2. The number of amides is 2. The summed E-state index contributed by atoms with van der Waals surface area (Å²) in [5.41, 5.74) is 4.12. The highest BCUT2D eigenvalue weighted by atomic mass is 16.3. The summed E-state index contributed by atoms with van der Waals surface area (Å²) >= 11 is 0. The van der Waals surface area contributed by atoms with Crippen LogP contribution in [0.25, 0.3) is 0 Å². The second-order valence-electron chi connectivity index (χ2n) is 7.50. The molecular weight excluding hydrogens is 342 g/mol. The Labute approximate surface area is 159 Å². The van der Waals surface area contributed by atoms with E-state index in [2.05, 4.69) is 17.6 Å². The van der Waals surface area contributed by atoms with Gasteiger partial charge in [-0.25, -0.2) is 5.01 Å². The number of imide groups is 1. The van der Waals surface area contributed by atoms with E-state index in [0.717, 1.165) is 24.9 Å². The minimum absolute atomic E-state index is 0.131. The van der Waals surface area contributed by atoms with Gasteiger partial charge in [0.1, 0.15) is 6.04 Å². The molecule has 1 aromatic carbocycles. The van der Waals surface area contributed by atoms with Gasteiger partial charge < -0.3 is 10.5 Å². The van der Waals surface area contributed by atoms with Crippen molar-refractivity contribution in [3.63, 3.8) is 0 Å². The van der Waals surface area contributed by atoms with Gasteiger partial charge in [-0.1, -0.05) is 42.5 Å². The molecule has 1 fully saturated rings. The molecular formula is C21H25N3O3. The predicted molar refractivity (Wildman–Crippen MR) is 102 cm³/mol. The summed E-state index contributed by atoms with van der Waals surface area (Å²) in [4.78, 5) is 26.4. The molecule has 1 saturated heterocycles. The number of allylic oxidation sites excluding steroid dienone is 2. The van der Waals surface area contributed by atoms with E-state index >= 15 is 0 Å². The lowest BCUT2D eigenvalue weighted by molar-refractivity contribution is -0.138. The highest BCUT2D eigenvalue weighted by Gasteiger charge is 2.52. The van der Waals surface area contributed by atoms with Gasteiger partial charge in [-0.15, -0.1) is 0 Å². The lowest BCUT2D eigenvalue weighted by Gasteiger charge is -2.42. The topological polar surface area (TPSA) is 72.9 Å². The van der Waals surface area contributed by atoms with Crippen LogP contribution >= 0.6 is 0 Å². The first-order chi connectivity index (χ1) is 13.1. The van der Waals surface area contributed by atoms with Gasteiger partial charge in [0.15, 0.2) is 0 Å². The summed E-state index contributed by atoms with van der Waals surface area (Å²) in [6, 6.07) is 8.52. The molecule has 27 heavy (non-hydrogen) atoms. The highest BCUT2D eigenvalue weighted by molar-refractivity contribution is 6.08. The maximum atomic E-state index is 12.8. The standard InChI is InChI=1S/C21H25N3O3/c1-23-20(26)16-12-13-17(19(25)14-8-4-2-5-9-14)24(18(16)21(23)27)22-15-10-6-3-7-11-15/h2-4,6-7,10-14,16-19,22,25H,5,8-9H2,1H3. The van der Waals surface area contributed by atoms with E-state index in [0.29, 0.717) is 0 Å². The molecule has 5 unspecified atom stereocenters. The van der Waals surface area contributed by atoms with Gasteiger partial charge >= 0.3 is 0 Å². The SMILES string of the molecule is CN1C(=O)C2C=CC(C(O)C3CC=CCC3)N(Nc3ccccc3)C2C1=O. The number of hydrogen-bond acceptors (Lipinski definition) is 5. The van der Waals surface area contributed by atoms with Crippen LogP contribution in [0.4, 0.5) is 5.69 Å². The van der Waals surface area contributed by atoms with Crippen molar-refractivity contribution in [1.29, 1.82) is 0 Å². The van der Waals surface area contributed by atoms with Gasteiger partial charge in [-0.3, -0.25) is 14.5 Å². The molecule has 6 nitrogen and oxygen atoms in total. The van der Waals surface area contributed by atoms with E-state index in [9.17, 15) is 14.7 Å². The number of aliphatic hydroxyl groups excluding tert-OH is 1. The summed E-state index contributed by atoms with van der Waals surface area (Å²) in [6.07, 6.45) is 10.00. The molecule has 0 radical (unpaired) electrons. The number of benzene rings is 1. The van der Waals surface area contributed by atoms with Crippen molar-refractivity contribution in [3.05, 3.63) is 54.6 Å². The van der Waals surface area contributed by atoms with Crippen molar-refractivity contribution in [1.82, 2.24) is 9.91 Å². The van der Waals surface area contributed by atoms with Crippen LogP contribution in [0, 0.1) is 11.8 Å². The number of hydrazine groups is 1. The van der Waals surface area contributed by atoms with Crippen molar-refractivity contribution in [3.8, 4) is 0 Å². The third kappa shape index (κ3) is 3.19. The molecule has 1 aromatic rings. The summed E-state index contributed by atoms with van der Waals surface area (Å²) in [6.45, 7) is 0. The second-order valence-corrected chi connectivity index (χ2v) is 7.50. The number of nitrogens with zero attached hydrogens (tertiary/aromatic N) is 2. The summed E-state index contributed by atoms with van der Waals surface area (Å²) in [5, 5.41) is 12.9. The lowest BCUT2D eigenvalue weighted by Crippen LogP contribution is -2.58. The Hall–Kier alpha value is -2.44. The van der Waals surface area contributed by atoms with Crippen LogP contribution in [0.5, 0.6) is 0 Å². The number of rotatable bonds is 4. The van der Waals surface area contributed by atoms with Crippen molar-refractivity contribution < 1.29 is 14.7 Å². The van der Waals surface area contributed by atoms with E-state index in [-0.39, 0.29) is 23.8 Å². The van der Waals surface area contributed by atoms with Crippen LogP contribution in [0.2, 0.25) is 0 Å². The summed E-state index contributed by atoms with van der Waals surface area (Å²) in [7, 11) is 1.52. The highest BCUT2D eigenvalue weighted by Crippen LogP contribution is 2.35. The molecule has 2 heterocycles. The van der Waals surface area contributed by atoms with E-state index < -0.39 is 18.1 Å². The van der Waals surface area contributed by atoms with Crippen LogP contribution in [0.15, 0.2) is 54.6 Å².